The van der Waals surface area contributed by atoms with Gasteiger partial charge in [-0.15, -0.1) is 0 Å². The predicted octanol–water partition coefficient (Wildman–Crippen LogP) is 2.35. The fraction of sp³-hybridized carbons (Fsp3) is 0.529. The molecule has 3 rings (SSSR count). The van der Waals surface area contributed by atoms with Gasteiger partial charge < -0.3 is 15.0 Å². The highest BCUT2D eigenvalue weighted by Crippen LogP contribution is 2.17. The van der Waals surface area contributed by atoms with Crippen molar-refractivity contribution < 1.29 is 9.53 Å². The van der Waals surface area contributed by atoms with Crippen molar-refractivity contribution in [2.75, 3.05) is 19.8 Å². The van der Waals surface area contributed by atoms with E-state index in [1.165, 1.54) is 5.56 Å². The van der Waals surface area contributed by atoms with Gasteiger partial charge >= 0.3 is 0 Å². The minimum Gasteiger partial charge on any atom is -0.381 e. The highest BCUT2D eigenvalue weighted by molar-refractivity contribution is 5.76. The minimum atomic E-state index is 0.113. The monoisotopic (exact) mass is 301 g/mol. The molecular formula is C17H23N3O2. The maximum Gasteiger partial charge on any atom is 0.220 e. The smallest absolute Gasteiger partial charge is 0.220 e. The van der Waals surface area contributed by atoms with Crippen LogP contribution in [0.3, 0.4) is 0 Å². The number of hydrogen-bond acceptors (Lipinski definition) is 3. The number of nitrogens with zero attached hydrogens (tertiary/aromatic N) is 1. The maximum atomic E-state index is 11.9. The van der Waals surface area contributed by atoms with Crippen LogP contribution in [0.1, 0.15) is 30.7 Å². The highest BCUT2D eigenvalue weighted by atomic mass is 16.5. The third kappa shape index (κ3) is 3.85. The van der Waals surface area contributed by atoms with Gasteiger partial charge in [-0.2, -0.15) is 0 Å². The lowest BCUT2D eigenvalue weighted by Crippen LogP contribution is -2.30. The molecule has 0 unspecified atom stereocenters. The predicted molar refractivity (Wildman–Crippen MR) is 85.7 cm³/mol. The number of benzene rings is 1. The van der Waals surface area contributed by atoms with Gasteiger partial charge in [0.1, 0.15) is 5.82 Å². The second-order valence-electron chi connectivity index (χ2n) is 6.09. The summed E-state index contributed by atoms with van der Waals surface area (Å²) in [4.78, 5) is 19.8. The van der Waals surface area contributed by atoms with Gasteiger partial charge in [-0.3, -0.25) is 4.79 Å². The fourth-order valence-electron chi connectivity index (χ4n) is 2.92. The van der Waals surface area contributed by atoms with Gasteiger partial charge in [0.25, 0.3) is 0 Å². The Bertz CT molecular complexity index is 644. The number of hydrogen-bond donors (Lipinski definition) is 2. The summed E-state index contributed by atoms with van der Waals surface area (Å²) in [5, 5.41) is 2.98. The van der Waals surface area contributed by atoms with Gasteiger partial charge in [-0.05, 0) is 43.4 Å². The normalized spacial score (nSPS) is 18.5. The lowest BCUT2D eigenvalue weighted by atomic mass is 9.98. The van der Waals surface area contributed by atoms with Crippen LogP contribution in [0.15, 0.2) is 18.2 Å². The number of aryl methyl sites for hydroxylation is 1. The molecule has 1 aromatic carbocycles. The van der Waals surface area contributed by atoms with Crippen LogP contribution in [0.2, 0.25) is 0 Å². The highest BCUT2D eigenvalue weighted by Gasteiger charge is 2.17. The Hall–Kier alpha value is -1.88. The molecule has 0 radical (unpaired) electrons. The van der Waals surface area contributed by atoms with Gasteiger partial charge in [0.05, 0.1) is 11.0 Å². The van der Waals surface area contributed by atoms with Crippen LogP contribution in [0.25, 0.3) is 11.0 Å². The van der Waals surface area contributed by atoms with E-state index in [0.717, 1.165) is 49.3 Å². The Morgan fingerprint density at radius 3 is 3.23 bits per heavy atom. The summed E-state index contributed by atoms with van der Waals surface area (Å²) < 4.78 is 5.41. The zero-order chi connectivity index (χ0) is 15.4. The molecule has 1 aliphatic heterocycles. The van der Waals surface area contributed by atoms with Crippen molar-refractivity contribution in [1.29, 1.82) is 0 Å². The zero-order valence-corrected chi connectivity index (χ0v) is 13.0. The number of rotatable bonds is 5. The first-order valence-electron chi connectivity index (χ1n) is 8.00. The van der Waals surface area contributed by atoms with Crippen molar-refractivity contribution in [2.24, 2.45) is 5.92 Å². The number of fused-ring (bicyclic) bond motifs is 1. The molecule has 2 aromatic rings. The Kier molecular flexibility index (Phi) is 4.73. The minimum absolute atomic E-state index is 0.113. The average molecular weight is 301 g/mol. The van der Waals surface area contributed by atoms with Gasteiger partial charge in [0.15, 0.2) is 0 Å². The Morgan fingerprint density at radius 1 is 1.50 bits per heavy atom. The number of nitrogens with one attached hydrogen (secondary N) is 2. The van der Waals surface area contributed by atoms with E-state index in [2.05, 4.69) is 34.3 Å². The number of carbonyl (C=O) groups excluding carboxylic acids is 1. The molecular weight excluding hydrogens is 278 g/mol. The molecule has 0 spiro atoms. The molecule has 1 amide bonds. The molecule has 0 saturated carbocycles. The second-order valence-corrected chi connectivity index (χ2v) is 6.09. The van der Waals surface area contributed by atoms with Crippen molar-refractivity contribution in [2.45, 2.75) is 32.6 Å². The number of H-pyrrole nitrogens is 1. The van der Waals surface area contributed by atoms with Crippen molar-refractivity contribution in [3.8, 4) is 0 Å². The Labute approximate surface area is 130 Å². The van der Waals surface area contributed by atoms with Crippen molar-refractivity contribution in [3.05, 3.63) is 29.6 Å². The van der Waals surface area contributed by atoms with E-state index >= 15 is 0 Å². The van der Waals surface area contributed by atoms with Gasteiger partial charge in [0.2, 0.25) is 5.91 Å². The second kappa shape index (κ2) is 6.92. The van der Waals surface area contributed by atoms with Gasteiger partial charge in [-0.25, -0.2) is 4.98 Å². The van der Waals surface area contributed by atoms with Gasteiger partial charge in [0, 0.05) is 32.6 Å². The lowest BCUT2D eigenvalue weighted by molar-refractivity contribution is -0.123. The number of amides is 1. The molecule has 1 atom stereocenters. The van der Waals surface area contributed by atoms with E-state index in [9.17, 15) is 4.79 Å². The Balaban J connectivity index is 1.46. The molecule has 0 aliphatic carbocycles. The molecule has 0 bridgehead atoms. The molecule has 118 valence electrons. The number of carbonyl (C=O) groups is 1. The molecule has 1 aromatic heterocycles. The average Bonchev–Trinajstić information content (AvgIpc) is 2.90. The molecule has 1 aliphatic rings. The van der Waals surface area contributed by atoms with Crippen LogP contribution in [-0.2, 0) is 16.0 Å². The number of imidazole rings is 1. The topological polar surface area (TPSA) is 67.0 Å². The molecule has 5 heteroatoms. The SMILES string of the molecule is Cc1ccc2nc(CCNC(=O)C[C@H]3CCCOC3)[nH]c2c1. The first-order chi connectivity index (χ1) is 10.7. The lowest BCUT2D eigenvalue weighted by Gasteiger charge is -2.21. The number of aromatic amines is 1. The Morgan fingerprint density at radius 2 is 2.41 bits per heavy atom. The summed E-state index contributed by atoms with van der Waals surface area (Å²) >= 11 is 0. The summed E-state index contributed by atoms with van der Waals surface area (Å²) in [6.45, 7) is 4.24. The third-order valence-electron chi connectivity index (χ3n) is 4.10. The summed E-state index contributed by atoms with van der Waals surface area (Å²) in [6.07, 6.45) is 3.45. The van der Waals surface area contributed by atoms with E-state index in [0.29, 0.717) is 18.9 Å². The van der Waals surface area contributed by atoms with Crippen LogP contribution >= 0.6 is 0 Å². The van der Waals surface area contributed by atoms with Crippen LogP contribution in [-0.4, -0.2) is 35.6 Å². The van der Waals surface area contributed by atoms with E-state index < -0.39 is 0 Å². The quantitative estimate of drug-likeness (QED) is 0.891. The number of ether oxygens (including phenoxy) is 1. The van der Waals surface area contributed by atoms with Crippen LogP contribution in [0, 0.1) is 12.8 Å². The van der Waals surface area contributed by atoms with Crippen LogP contribution < -0.4 is 5.32 Å². The maximum absolute atomic E-state index is 11.9. The number of aromatic nitrogens is 2. The van der Waals surface area contributed by atoms with Crippen LogP contribution in [0.5, 0.6) is 0 Å². The van der Waals surface area contributed by atoms with Crippen molar-refractivity contribution in [1.82, 2.24) is 15.3 Å². The summed E-state index contributed by atoms with van der Waals surface area (Å²) in [5.74, 6) is 1.41. The van der Waals surface area contributed by atoms with Crippen molar-refractivity contribution in [3.63, 3.8) is 0 Å². The molecule has 2 N–H and O–H groups in total. The summed E-state index contributed by atoms with van der Waals surface area (Å²) in [6, 6.07) is 6.17. The first-order valence-corrected chi connectivity index (χ1v) is 8.00. The van der Waals surface area contributed by atoms with E-state index in [4.69, 9.17) is 4.74 Å². The van der Waals surface area contributed by atoms with Crippen LogP contribution in [0.4, 0.5) is 0 Å². The summed E-state index contributed by atoms with van der Waals surface area (Å²) in [7, 11) is 0. The molecule has 5 nitrogen and oxygen atoms in total. The first kappa shape index (κ1) is 15.0. The zero-order valence-electron chi connectivity index (χ0n) is 13.0. The molecule has 22 heavy (non-hydrogen) atoms. The van der Waals surface area contributed by atoms with E-state index in [1.807, 2.05) is 6.07 Å². The van der Waals surface area contributed by atoms with E-state index in [-0.39, 0.29) is 5.91 Å². The standard InChI is InChI=1S/C17H23N3O2/c1-12-4-5-14-15(9-12)20-16(19-14)6-7-18-17(21)10-13-3-2-8-22-11-13/h4-5,9,13H,2-3,6-8,10-11H2,1H3,(H,18,21)(H,19,20)/t13-/m1/s1. The third-order valence-corrected chi connectivity index (χ3v) is 4.10. The largest absolute Gasteiger partial charge is 0.381 e. The van der Waals surface area contributed by atoms with Crippen molar-refractivity contribution >= 4 is 16.9 Å². The fourth-order valence-corrected chi connectivity index (χ4v) is 2.92. The molecule has 2 heterocycles. The summed E-state index contributed by atoms with van der Waals surface area (Å²) in [5.41, 5.74) is 3.25. The van der Waals surface area contributed by atoms with Gasteiger partial charge in [-0.1, -0.05) is 6.07 Å². The molecule has 1 saturated heterocycles. The van der Waals surface area contributed by atoms with E-state index in [1.54, 1.807) is 0 Å². The molecule has 1 fully saturated rings.